The van der Waals surface area contributed by atoms with Crippen LogP contribution in [0.2, 0.25) is 0 Å². The lowest BCUT2D eigenvalue weighted by molar-refractivity contribution is -0.142. The second-order valence-electron chi connectivity index (χ2n) is 2.31. The molecule has 0 aliphatic rings. The molecule has 0 amide bonds. The second-order valence-corrected chi connectivity index (χ2v) is 3.59. The molecule has 0 fully saturated rings. The molecule has 0 aliphatic heterocycles. The summed E-state index contributed by atoms with van der Waals surface area (Å²) >= 11 is 10.5. The van der Waals surface area contributed by atoms with Crippen LogP contribution < -0.4 is 0 Å². The third-order valence-electron chi connectivity index (χ3n) is 0.626. The number of carbonyl (C=O) groups is 2. The van der Waals surface area contributed by atoms with Crippen molar-refractivity contribution in [3.8, 4) is 0 Å². The summed E-state index contributed by atoms with van der Waals surface area (Å²) in [5.74, 6) is -0.187. The molecule has 0 heterocycles. The van der Waals surface area contributed by atoms with Gasteiger partial charge in [-0.3, -0.25) is 4.79 Å². The summed E-state index contributed by atoms with van der Waals surface area (Å²) in [7, 11) is 0. The number of halogens is 2. The van der Waals surface area contributed by atoms with Gasteiger partial charge in [0.2, 0.25) is 0 Å². The molecule has 3 nitrogen and oxygen atoms in total. The molecule has 0 aromatic heterocycles. The van der Waals surface area contributed by atoms with Gasteiger partial charge in [0.05, 0.1) is 13.0 Å². The Kier molecular flexibility index (Phi) is 11.5. The highest BCUT2D eigenvalue weighted by Crippen LogP contribution is 2.07. The molecule has 0 N–H and O–H groups in total. The van der Waals surface area contributed by atoms with Crippen LogP contribution >= 0.6 is 23.2 Å². The molecule has 0 saturated carbocycles. The lowest BCUT2D eigenvalue weighted by atomic mass is 10.5. The SMILES string of the molecule is CC(C)=O.CCOC(=O)CC(Cl)Cl. The van der Waals surface area contributed by atoms with Crippen LogP contribution in [0.15, 0.2) is 0 Å². The van der Waals surface area contributed by atoms with Crippen molar-refractivity contribution in [1.29, 1.82) is 0 Å². The van der Waals surface area contributed by atoms with E-state index in [-0.39, 0.29) is 18.2 Å². The van der Waals surface area contributed by atoms with E-state index in [9.17, 15) is 9.59 Å². The normalized spacial score (nSPS) is 8.77. The zero-order valence-corrected chi connectivity index (χ0v) is 9.48. The van der Waals surface area contributed by atoms with E-state index >= 15 is 0 Å². The van der Waals surface area contributed by atoms with Crippen molar-refractivity contribution < 1.29 is 14.3 Å². The average Bonchev–Trinajstić information content (AvgIpc) is 1.83. The Hall–Kier alpha value is -0.280. The first-order valence-corrected chi connectivity index (χ1v) is 4.68. The van der Waals surface area contributed by atoms with E-state index < -0.39 is 4.84 Å². The maximum atomic E-state index is 10.5. The van der Waals surface area contributed by atoms with Crippen molar-refractivity contribution in [1.82, 2.24) is 0 Å². The quantitative estimate of drug-likeness (QED) is 0.551. The number of hydrogen-bond acceptors (Lipinski definition) is 3. The van der Waals surface area contributed by atoms with Crippen LogP contribution in [0, 0.1) is 0 Å². The van der Waals surface area contributed by atoms with E-state index in [0.29, 0.717) is 6.61 Å². The first kappa shape index (κ1) is 15.2. The van der Waals surface area contributed by atoms with E-state index in [0.717, 1.165) is 0 Å². The largest absolute Gasteiger partial charge is 0.466 e. The van der Waals surface area contributed by atoms with Crippen molar-refractivity contribution in [3.63, 3.8) is 0 Å². The van der Waals surface area contributed by atoms with Gasteiger partial charge in [-0.15, -0.1) is 23.2 Å². The van der Waals surface area contributed by atoms with Gasteiger partial charge in [0.25, 0.3) is 0 Å². The van der Waals surface area contributed by atoms with Gasteiger partial charge in [-0.1, -0.05) is 0 Å². The highest BCUT2D eigenvalue weighted by molar-refractivity contribution is 6.45. The monoisotopic (exact) mass is 228 g/mol. The van der Waals surface area contributed by atoms with E-state index in [4.69, 9.17) is 23.2 Å². The molecule has 0 unspecified atom stereocenters. The predicted octanol–water partition coefficient (Wildman–Crippen LogP) is 2.34. The van der Waals surface area contributed by atoms with Crippen LogP contribution in [0.25, 0.3) is 0 Å². The Labute approximate surface area is 88.3 Å². The van der Waals surface area contributed by atoms with Crippen LogP contribution in [-0.4, -0.2) is 23.2 Å². The van der Waals surface area contributed by atoms with Gasteiger partial charge in [0.15, 0.2) is 0 Å². The van der Waals surface area contributed by atoms with Gasteiger partial charge in [-0.25, -0.2) is 0 Å². The second kappa shape index (κ2) is 9.81. The molecule has 0 bridgehead atoms. The summed E-state index contributed by atoms with van der Waals surface area (Å²) in [5, 5.41) is 0. The fourth-order valence-electron chi connectivity index (χ4n) is 0.346. The van der Waals surface area contributed by atoms with Crippen LogP contribution in [0.1, 0.15) is 27.2 Å². The van der Waals surface area contributed by atoms with Crippen LogP contribution in [0.4, 0.5) is 0 Å². The van der Waals surface area contributed by atoms with E-state index in [1.54, 1.807) is 6.92 Å². The van der Waals surface area contributed by atoms with Crippen LogP contribution in [0.3, 0.4) is 0 Å². The summed E-state index contributed by atoms with van der Waals surface area (Å²) in [4.78, 5) is 19.3. The smallest absolute Gasteiger partial charge is 0.308 e. The zero-order chi connectivity index (χ0) is 10.9. The first-order chi connectivity index (χ1) is 5.90. The lowest BCUT2D eigenvalue weighted by Crippen LogP contribution is -2.07. The van der Waals surface area contributed by atoms with Crippen molar-refractivity contribution in [2.24, 2.45) is 0 Å². The van der Waals surface area contributed by atoms with Gasteiger partial charge >= 0.3 is 5.97 Å². The molecule has 5 heteroatoms. The number of rotatable bonds is 3. The highest BCUT2D eigenvalue weighted by Gasteiger charge is 2.06. The minimum Gasteiger partial charge on any atom is -0.466 e. The highest BCUT2D eigenvalue weighted by atomic mass is 35.5. The third kappa shape index (κ3) is 24.5. The van der Waals surface area contributed by atoms with Gasteiger partial charge in [-0.2, -0.15) is 0 Å². The summed E-state index contributed by atoms with van der Waals surface area (Å²) < 4.78 is 4.54. The van der Waals surface area contributed by atoms with E-state index in [1.807, 2.05) is 0 Å². The maximum Gasteiger partial charge on any atom is 0.308 e. The van der Waals surface area contributed by atoms with Crippen molar-refractivity contribution in [3.05, 3.63) is 0 Å². The lowest BCUT2D eigenvalue weighted by Gasteiger charge is -1.99. The topological polar surface area (TPSA) is 43.4 Å². The molecule has 0 radical (unpaired) electrons. The molecule has 0 aromatic rings. The molecule has 0 saturated heterocycles. The molecule has 0 aromatic carbocycles. The fraction of sp³-hybridized carbons (Fsp3) is 0.750. The summed E-state index contributed by atoms with van der Waals surface area (Å²) in [6.07, 6.45) is 0.0664. The first-order valence-electron chi connectivity index (χ1n) is 3.81. The Morgan fingerprint density at radius 1 is 1.31 bits per heavy atom. The molecule has 0 rings (SSSR count). The third-order valence-corrected chi connectivity index (χ3v) is 0.935. The molecular formula is C8H14Cl2O3. The number of hydrogen-bond donors (Lipinski definition) is 0. The summed E-state index contributed by atoms with van der Waals surface area (Å²) in [5.41, 5.74) is 0. The number of alkyl halides is 2. The molecule has 0 spiro atoms. The Morgan fingerprint density at radius 2 is 1.69 bits per heavy atom. The molecule has 78 valence electrons. The minimum absolute atomic E-state index is 0.0664. The number of Topliss-reactive ketones (excluding diaryl/α,β-unsaturated/α-hetero) is 1. The van der Waals surface area contributed by atoms with E-state index in [1.165, 1.54) is 13.8 Å². The van der Waals surface area contributed by atoms with Crippen molar-refractivity contribution in [2.75, 3.05) is 6.61 Å². The number of ether oxygens (including phenoxy) is 1. The summed E-state index contributed by atoms with van der Waals surface area (Å²) in [6.45, 7) is 5.16. The maximum absolute atomic E-state index is 10.5. The molecule has 13 heavy (non-hydrogen) atoms. The Balaban J connectivity index is 0. The van der Waals surface area contributed by atoms with Gasteiger partial charge in [0, 0.05) is 0 Å². The van der Waals surface area contributed by atoms with Crippen LogP contribution in [-0.2, 0) is 14.3 Å². The molecule has 0 aliphatic carbocycles. The predicted molar refractivity (Wildman–Crippen MR) is 53.1 cm³/mol. The number of esters is 1. The zero-order valence-electron chi connectivity index (χ0n) is 7.97. The number of ketones is 1. The molecular weight excluding hydrogens is 215 g/mol. The van der Waals surface area contributed by atoms with Crippen molar-refractivity contribution in [2.45, 2.75) is 32.0 Å². The van der Waals surface area contributed by atoms with Gasteiger partial charge in [-0.05, 0) is 20.8 Å². The van der Waals surface area contributed by atoms with E-state index in [2.05, 4.69) is 4.74 Å². The Morgan fingerprint density at radius 3 is 1.92 bits per heavy atom. The average molecular weight is 229 g/mol. The Bertz CT molecular complexity index is 153. The molecule has 0 atom stereocenters. The van der Waals surface area contributed by atoms with Gasteiger partial charge < -0.3 is 9.53 Å². The summed E-state index contributed by atoms with van der Waals surface area (Å²) in [6, 6.07) is 0. The van der Waals surface area contributed by atoms with Crippen molar-refractivity contribution >= 4 is 35.0 Å². The minimum atomic E-state index is -0.649. The standard InChI is InChI=1S/C5H8Cl2O2.C3H6O/c1-2-9-5(8)3-4(6)7;1-3(2)4/h4H,2-3H2,1H3;1-2H3. The van der Waals surface area contributed by atoms with Gasteiger partial charge in [0.1, 0.15) is 10.6 Å². The van der Waals surface area contributed by atoms with Crippen LogP contribution in [0.5, 0.6) is 0 Å². The number of carbonyl (C=O) groups excluding carboxylic acids is 2. The fourth-order valence-corrected chi connectivity index (χ4v) is 0.598.